The van der Waals surface area contributed by atoms with Gasteiger partial charge in [-0.1, -0.05) is 39.7 Å². The van der Waals surface area contributed by atoms with E-state index in [2.05, 4.69) is 20.9 Å². The van der Waals surface area contributed by atoms with Crippen LogP contribution in [0.4, 0.5) is 0 Å². The molecule has 0 aliphatic carbocycles. The van der Waals surface area contributed by atoms with Gasteiger partial charge in [0.1, 0.15) is 0 Å². The zero-order valence-electron chi connectivity index (χ0n) is 11.9. The number of carbonyl (C=O) groups is 1. The Hall–Kier alpha value is -1.64. The molecule has 23 heavy (non-hydrogen) atoms. The molecule has 1 aromatic heterocycles. The Morgan fingerprint density at radius 2 is 2.00 bits per heavy atom. The van der Waals surface area contributed by atoms with Crippen LogP contribution in [0.25, 0.3) is 0 Å². The number of methoxy groups -OCH3 is 1. The standard InChI is InChI=1S/C14H12BrClN2O4S/c1-22-14-12(7-11(16)8-17-14)23(20,21)18-13(19)6-9-2-4-10(15)5-3-9/h2-5,7-8H,6H2,1H3,(H,18,19). The number of rotatable bonds is 5. The zero-order valence-corrected chi connectivity index (χ0v) is 15.1. The van der Waals surface area contributed by atoms with Crippen LogP contribution in [0.5, 0.6) is 5.88 Å². The van der Waals surface area contributed by atoms with Crippen LogP contribution in [0.15, 0.2) is 45.9 Å². The number of carbonyl (C=O) groups excluding carboxylic acids is 1. The Kier molecular flexibility index (Phi) is 5.61. The fourth-order valence-corrected chi connectivity index (χ4v) is 3.40. The van der Waals surface area contributed by atoms with Crippen LogP contribution >= 0.6 is 27.5 Å². The first-order chi connectivity index (χ1) is 10.8. The third-order valence-corrected chi connectivity index (χ3v) is 4.90. The quantitative estimate of drug-likeness (QED) is 0.805. The third-order valence-electron chi connectivity index (χ3n) is 2.79. The highest BCUT2D eigenvalue weighted by Gasteiger charge is 2.23. The van der Waals surface area contributed by atoms with Gasteiger partial charge in [-0.25, -0.2) is 18.1 Å². The lowest BCUT2D eigenvalue weighted by Gasteiger charge is -2.10. The summed E-state index contributed by atoms with van der Waals surface area (Å²) in [4.78, 5) is 15.5. The summed E-state index contributed by atoms with van der Waals surface area (Å²) in [5.74, 6) is -0.812. The summed E-state index contributed by atoms with van der Waals surface area (Å²) in [5.41, 5.74) is 0.678. The number of hydrogen-bond acceptors (Lipinski definition) is 5. The number of hydrogen-bond donors (Lipinski definition) is 1. The maximum Gasteiger partial charge on any atom is 0.269 e. The molecule has 0 saturated heterocycles. The maximum absolute atomic E-state index is 12.3. The molecule has 0 radical (unpaired) electrons. The highest BCUT2D eigenvalue weighted by molar-refractivity contribution is 9.10. The van der Waals surface area contributed by atoms with Crippen LogP contribution in [-0.2, 0) is 21.2 Å². The lowest BCUT2D eigenvalue weighted by molar-refractivity contribution is -0.118. The number of nitrogens with zero attached hydrogens (tertiary/aromatic N) is 1. The Morgan fingerprint density at radius 1 is 1.35 bits per heavy atom. The molecule has 0 atom stereocenters. The number of pyridine rings is 1. The van der Waals surface area contributed by atoms with Gasteiger partial charge in [0.25, 0.3) is 10.0 Å². The van der Waals surface area contributed by atoms with E-state index in [4.69, 9.17) is 16.3 Å². The second-order valence-electron chi connectivity index (χ2n) is 4.49. The first kappa shape index (κ1) is 17.7. The number of aromatic nitrogens is 1. The molecular formula is C14H12BrClN2O4S. The van der Waals surface area contributed by atoms with Crippen LogP contribution < -0.4 is 9.46 Å². The summed E-state index contributed by atoms with van der Waals surface area (Å²) in [6.45, 7) is 0. The summed E-state index contributed by atoms with van der Waals surface area (Å²) in [6.07, 6.45) is 1.17. The SMILES string of the molecule is COc1ncc(Cl)cc1S(=O)(=O)NC(=O)Cc1ccc(Br)cc1. The van der Waals surface area contributed by atoms with Gasteiger partial charge in [0.05, 0.1) is 18.6 Å². The van der Waals surface area contributed by atoms with Crippen molar-refractivity contribution in [3.63, 3.8) is 0 Å². The summed E-state index contributed by atoms with van der Waals surface area (Å²) < 4.78 is 32.3. The van der Waals surface area contributed by atoms with Gasteiger partial charge in [-0.3, -0.25) is 4.79 Å². The Morgan fingerprint density at radius 3 is 2.61 bits per heavy atom. The van der Waals surface area contributed by atoms with Crippen LogP contribution in [0.1, 0.15) is 5.56 Å². The molecule has 0 aliphatic rings. The molecule has 1 heterocycles. The molecule has 0 bridgehead atoms. The largest absolute Gasteiger partial charge is 0.480 e. The van der Waals surface area contributed by atoms with Crippen LogP contribution in [0.3, 0.4) is 0 Å². The number of ether oxygens (including phenoxy) is 1. The first-order valence-corrected chi connectivity index (χ1v) is 8.97. The summed E-state index contributed by atoms with van der Waals surface area (Å²) >= 11 is 9.05. The summed E-state index contributed by atoms with van der Waals surface area (Å²) in [7, 11) is -2.86. The molecule has 2 aromatic rings. The average molecular weight is 420 g/mol. The predicted molar refractivity (Wildman–Crippen MR) is 89.0 cm³/mol. The van der Waals surface area contributed by atoms with Crippen molar-refractivity contribution in [2.24, 2.45) is 0 Å². The molecule has 1 aromatic carbocycles. The van der Waals surface area contributed by atoms with Crippen LogP contribution in [0.2, 0.25) is 5.02 Å². The van der Waals surface area contributed by atoms with Crippen molar-refractivity contribution in [2.75, 3.05) is 7.11 Å². The molecule has 2 rings (SSSR count). The van der Waals surface area contributed by atoms with Crippen molar-refractivity contribution in [2.45, 2.75) is 11.3 Å². The van der Waals surface area contributed by atoms with Gasteiger partial charge in [0, 0.05) is 10.7 Å². The fraction of sp³-hybridized carbons (Fsp3) is 0.143. The highest BCUT2D eigenvalue weighted by Crippen LogP contribution is 2.24. The molecule has 122 valence electrons. The molecule has 1 amide bonds. The van der Waals surface area contributed by atoms with Crippen molar-refractivity contribution in [1.29, 1.82) is 0 Å². The van der Waals surface area contributed by atoms with Gasteiger partial charge < -0.3 is 4.74 Å². The van der Waals surface area contributed by atoms with Crippen LogP contribution in [-0.4, -0.2) is 26.4 Å². The lowest BCUT2D eigenvalue weighted by atomic mass is 10.1. The van der Waals surface area contributed by atoms with Gasteiger partial charge in [-0.15, -0.1) is 0 Å². The zero-order chi connectivity index (χ0) is 17.0. The Balaban J connectivity index is 2.19. The smallest absolute Gasteiger partial charge is 0.269 e. The third kappa shape index (κ3) is 4.66. The molecule has 6 nitrogen and oxygen atoms in total. The second-order valence-corrected chi connectivity index (χ2v) is 7.50. The molecule has 9 heteroatoms. The topological polar surface area (TPSA) is 85.4 Å². The number of halogens is 2. The van der Waals surface area contributed by atoms with E-state index in [1.807, 2.05) is 4.72 Å². The van der Waals surface area contributed by atoms with Crippen molar-refractivity contribution >= 4 is 43.5 Å². The van der Waals surface area contributed by atoms with E-state index >= 15 is 0 Å². The van der Waals surface area contributed by atoms with Crippen molar-refractivity contribution in [3.05, 3.63) is 51.6 Å². The maximum atomic E-state index is 12.3. The van der Waals surface area contributed by atoms with Crippen LogP contribution in [0, 0.1) is 0 Å². The van der Waals surface area contributed by atoms with E-state index in [1.165, 1.54) is 19.4 Å². The number of nitrogens with one attached hydrogen (secondary N) is 1. The number of amides is 1. The number of benzene rings is 1. The van der Waals surface area contributed by atoms with Gasteiger partial charge >= 0.3 is 0 Å². The molecule has 0 aliphatic heterocycles. The minimum atomic E-state index is -4.13. The van der Waals surface area contributed by atoms with Gasteiger partial charge in [0.2, 0.25) is 11.8 Å². The molecule has 0 spiro atoms. The Labute approximate surface area is 147 Å². The van der Waals surface area contributed by atoms with E-state index < -0.39 is 15.9 Å². The predicted octanol–water partition coefficient (Wildman–Crippen LogP) is 2.55. The Bertz CT molecular complexity index is 825. The van der Waals surface area contributed by atoms with Gasteiger partial charge in [-0.2, -0.15) is 0 Å². The average Bonchev–Trinajstić information content (AvgIpc) is 2.49. The first-order valence-electron chi connectivity index (χ1n) is 6.31. The molecule has 0 unspecified atom stereocenters. The minimum Gasteiger partial charge on any atom is -0.480 e. The van der Waals surface area contributed by atoms with Crippen molar-refractivity contribution < 1.29 is 17.9 Å². The minimum absolute atomic E-state index is 0.0805. The number of sulfonamides is 1. The van der Waals surface area contributed by atoms with Gasteiger partial charge in [-0.05, 0) is 23.8 Å². The molecule has 1 N–H and O–H groups in total. The van der Waals surface area contributed by atoms with E-state index in [0.29, 0.717) is 5.56 Å². The molecule has 0 fully saturated rings. The monoisotopic (exact) mass is 418 g/mol. The normalized spacial score (nSPS) is 11.1. The van der Waals surface area contributed by atoms with E-state index in [-0.39, 0.29) is 22.2 Å². The summed E-state index contributed by atoms with van der Waals surface area (Å²) in [6, 6.07) is 8.14. The van der Waals surface area contributed by atoms with Crippen molar-refractivity contribution in [1.82, 2.24) is 9.71 Å². The van der Waals surface area contributed by atoms with Crippen molar-refractivity contribution in [3.8, 4) is 5.88 Å². The summed E-state index contributed by atoms with van der Waals surface area (Å²) in [5, 5.41) is 0.117. The van der Waals surface area contributed by atoms with E-state index in [0.717, 1.165) is 4.47 Å². The van der Waals surface area contributed by atoms with Gasteiger partial charge in [0.15, 0.2) is 4.90 Å². The highest BCUT2D eigenvalue weighted by atomic mass is 79.9. The lowest BCUT2D eigenvalue weighted by Crippen LogP contribution is -2.32. The molecular weight excluding hydrogens is 408 g/mol. The van der Waals surface area contributed by atoms with E-state index in [9.17, 15) is 13.2 Å². The van der Waals surface area contributed by atoms with E-state index in [1.54, 1.807) is 24.3 Å². The fourth-order valence-electron chi connectivity index (χ4n) is 1.78. The second kappa shape index (κ2) is 7.29. The molecule has 0 saturated carbocycles.